The number of rotatable bonds is 5. The van der Waals surface area contributed by atoms with Crippen molar-refractivity contribution in [3.63, 3.8) is 0 Å². The number of hydrogen-bond acceptors (Lipinski definition) is 3. The Kier molecular flexibility index (Phi) is 5.95. The third-order valence-corrected chi connectivity index (χ3v) is 2.60. The van der Waals surface area contributed by atoms with Crippen LogP contribution in [-0.4, -0.2) is 24.8 Å². The standard InChI is InChI=1S/C15H23FN2O2/c1-11-5-6-13(16)9-12(11)10-17-7-8-18-14(19)20-15(2,3)4/h5-6,9,17H,7-8,10H2,1-4H3,(H,18,19). The van der Waals surface area contributed by atoms with Gasteiger partial charge in [-0.2, -0.15) is 0 Å². The number of carbonyl (C=O) groups is 1. The third kappa shape index (κ3) is 6.52. The number of amides is 1. The molecule has 0 heterocycles. The molecule has 112 valence electrons. The molecule has 0 fully saturated rings. The number of carbonyl (C=O) groups excluding carboxylic acids is 1. The van der Waals surface area contributed by atoms with Gasteiger partial charge in [-0.25, -0.2) is 9.18 Å². The van der Waals surface area contributed by atoms with Crippen LogP contribution in [0, 0.1) is 12.7 Å². The third-order valence-electron chi connectivity index (χ3n) is 2.60. The summed E-state index contributed by atoms with van der Waals surface area (Å²) in [6.45, 7) is 9.01. The number of alkyl carbamates (subject to hydrolysis) is 1. The van der Waals surface area contributed by atoms with Crippen molar-refractivity contribution in [2.45, 2.75) is 39.8 Å². The minimum absolute atomic E-state index is 0.237. The lowest BCUT2D eigenvalue weighted by atomic mass is 10.1. The molecule has 1 aromatic rings. The fourth-order valence-corrected chi connectivity index (χ4v) is 1.62. The van der Waals surface area contributed by atoms with E-state index in [4.69, 9.17) is 4.74 Å². The van der Waals surface area contributed by atoms with Gasteiger partial charge in [0.05, 0.1) is 0 Å². The highest BCUT2D eigenvalue weighted by molar-refractivity contribution is 5.67. The first-order chi connectivity index (χ1) is 9.28. The molecule has 0 atom stereocenters. The molecule has 0 aromatic heterocycles. The van der Waals surface area contributed by atoms with Gasteiger partial charge in [-0.1, -0.05) is 6.07 Å². The van der Waals surface area contributed by atoms with Crippen LogP contribution in [0.1, 0.15) is 31.9 Å². The number of aryl methyl sites for hydroxylation is 1. The van der Waals surface area contributed by atoms with Gasteiger partial charge >= 0.3 is 6.09 Å². The topological polar surface area (TPSA) is 50.4 Å². The van der Waals surface area contributed by atoms with Crippen molar-refractivity contribution < 1.29 is 13.9 Å². The predicted octanol–water partition coefficient (Wildman–Crippen LogP) is 2.75. The minimum atomic E-state index is -0.490. The summed E-state index contributed by atoms with van der Waals surface area (Å²) in [5.74, 6) is -0.237. The van der Waals surface area contributed by atoms with E-state index in [2.05, 4.69) is 10.6 Å². The fraction of sp³-hybridized carbons (Fsp3) is 0.533. The van der Waals surface area contributed by atoms with Crippen LogP contribution in [0.25, 0.3) is 0 Å². The van der Waals surface area contributed by atoms with Crippen LogP contribution in [0.4, 0.5) is 9.18 Å². The summed E-state index contributed by atoms with van der Waals surface area (Å²) in [5.41, 5.74) is 1.47. The van der Waals surface area contributed by atoms with E-state index in [1.807, 2.05) is 27.7 Å². The van der Waals surface area contributed by atoms with Crippen molar-refractivity contribution in [1.29, 1.82) is 0 Å². The zero-order valence-corrected chi connectivity index (χ0v) is 12.5. The summed E-state index contributed by atoms with van der Waals surface area (Å²) in [6, 6.07) is 4.72. The largest absolute Gasteiger partial charge is 0.444 e. The number of halogens is 1. The van der Waals surface area contributed by atoms with E-state index < -0.39 is 11.7 Å². The van der Waals surface area contributed by atoms with Crippen molar-refractivity contribution in [2.75, 3.05) is 13.1 Å². The van der Waals surface area contributed by atoms with Crippen LogP contribution in [-0.2, 0) is 11.3 Å². The average molecular weight is 282 g/mol. The Labute approximate surface area is 119 Å². The van der Waals surface area contributed by atoms with Crippen molar-refractivity contribution in [2.24, 2.45) is 0 Å². The second-order valence-electron chi connectivity index (χ2n) is 5.68. The summed E-state index contributed by atoms with van der Waals surface area (Å²) in [7, 11) is 0. The predicted molar refractivity (Wildman–Crippen MR) is 77.1 cm³/mol. The molecule has 0 aliphatic carbocycles. The maximum Gasteiger partial charge on any atom is 0.407 e. The molecule has 2 N–H and O–H groups in total. The lowest BCUT2D eigenvalue weighted by Crippen LogP contribution is -2.36. The molecule has 0 saturated carbocycles. The summed E-state index contributed by atoms with van der Waals surface area (Å²) < 4.78 is 18.2. The van der Waals surface area contributed by atoms with Crippen molar-refractivity contribution >= 4 is 6.09 Å². The summed E-state index contributed by atoms with van der Waals surface area (Å²) in [6.07, 6.45) is -0.429. The van der Waals surface area contributed by atoms with Crippen LogP contribution >= 0.6 is 0 Å². The van der Waals surface area contributed by atoms with E-state index in [1.165, 1.54) is 12.1 Å². The van der Waals surface area contributed by atoms with Crippen molar-refractivity contribution in [3.05, 3.63) is 35.1 Å². The molecule has 0 aliphatic rings. The molecule has 0 aliphatic heterocycles. The van der Waals surface area contributed by atoms with Gasteiger partial charge in [0.25, 0.3) is 0 Å². The van der Waals surface area contributed by atoms with Gasteiger partial charge in [0.2, 0.25) is 0 Å². The van der Waals surface area contributed by atoms with Crippen LogP contribution in [0.3, 0.4) is 0 Å². The fourth-order valence-electron chi connectivity index (χ4n) is 1.62. The maximum absolute atomic E-state index is 13.1. The van der Waals surface area contributed by atoms with Crippen molar-refractivity contribution in [3.8, 4) is 0 Å². The summed E-state index contributed by atoms with van der Waals surface area (Å²) in [4.78, 5) is 11.4. The molecule has 5 heteroatoms. The Balaban J connectivity index is 2.22. The number of ether oxygens (including phenoxy) is 1. The molecule has 0 spiro atoms. The zero-order chi connectivity index (χ0) is 15.2. The molecule has 0 saturated heterocycles. The SMILES string of the molecule is Cc1ccc(F)cc1CNCCNC(=O)OC(C)(C)C. The lowest BCUT2D eigenvalue weighted by Gasteiger charge is -2.19. The highest BCUT2D eigenvalue weighted by Gasteiger charge is 2.15. The van der Waals surface area contributed by atoms with E-state index in [1.54, 1.807) is 6.07 Å². The Morgan fingerprint density at radius 3 is 2.65 bits per heavy atom. The molecule has 20 heavy (non-hydrogen) atoms. The Morgan fingerprint density at radius 2 is 2.00 bits per heavy atom. The Hall–Kier alpha value is -1.62. The van der Waals surface area contributed by atoms with Crippen LogP contribution in [0.2, 0.25) is 0 Å². The van der Waals surface area contributed by atoms with Crippen molar-refractivity contribution in [1.82, 2.24) is 10.6 Å². The molecule has 1 aromatic carbocycles. The van der Waals surface area contributed by atoms with Gasteiger partial charge in [0, 0.05) is 19.6 Å². The van der Waals surface area contributed by atoms with E-state index >= 15 is 0 Å². The van der Waals surface area contributed by atoms with Crippen LogP contribution < -0.4 is 10.6 Å². The van der Waals surface area contributed by atoms with Gasteiger partial charge in [0.15, 0.2) is 0 Å². The quantitative estimate of drug-likeness (QED) is 0.816. The molecular formula is C15H23FN2O2. The second-order valence-corrected chi connectivity index (χ2v) is 5.68. The summed E-state index contributed by atoms with van der Waals surface area (Å²) in [5, 5.41) is 5.80. The average Bonchev–Trinajstić information content (AvgIpc) is 2.30. The first kappa shape index (κ1) is 16.4. The molecule has 1 amide bonds. The maximum atomic E-state index is 13.1. The number of hydrogen-bond donors (Lipinski definition) is 2. The molecular weight excluding hydrogens is 259 g/mol. The van der Waals surface area contributed by atoms with Gasteiger partial charge in [-0.3, -0.25) is 0 Å². The normalized spacial score (nSPS) is 11.2. The molecule has 0 bridgehead atoms. The zero-order valence-electron chi connectivity index (χ0n) is 12.5. The highest BCUT2D eigenvalue weighted by Crippen LogP contribution is 2.09. The smallest absolute Gasteiger partial charge is 0.407 e. The molecule has 0 radical (unpaired) electrons. The summed E-state index contributed by atoms with van der Waals surface area (Å²) >= 11 is 0. The van der Waals surface area contributed by atoms with E-state index in [0.29, 0.717) is 19.6 Å². The second kappa shape index (κ2) is 7.24. The van der Waals surface area contributed by atoms with Crippen LogP contribution in [0.15, 0.2) is 18.2 Å². The lowest BCUT2D eigenvalue weighted by molar-refractivity contribution is 0.0528. The van der Waals surface area contributed by atoms with E-state index in [9.17, 15) is 9.18 Å². The molecule has 4 nitrogen and oxygen atoms in total. The van der Waals surface area contributed by atoms with E-state index in [-0.39, 0.29) is 5.82 Å². The first-order valence-corrected chi connectivity index (χ1v) is 6.70. The molecule has 0 unspecified atom stereocenters. The highest BCUT2D eigenvalue weighted by atomic mass is 19.1. The van der Waals surface area contributed by atoms with Crippen LogP contribution in [0.5, 0.6) is 0 Å². The number of benzene rings is 1. The van der Waals surface area contributed by atoms with Gasteiger partial charge in [-0.15, -0.1) is 0 Å². The first-order valence-electron chi connectivity index (χ1n) is 6.70. The van der Waals surface area contributed by atoms with Gasteiger partial charge in [0.1, 0.15) is 11.4 Å². The number of nitrogens with one attached hydrogen (secondary N) is 2. The Bertz CT molecular complexity index is 456. The van der Waals surface area contributed by atoms with E-state index in [0.717, 1.165) is 11.1 Å². The Morgan fingerprint density at radius 1 is 1.30 bits per heavy atom. The van der Waals surface area contributed by atoms with Gasteiger partial charge in [-0.05, 0) is 51.0 Å². The van der Waals surface area contributed by atoms with Gasteiger partial charge < -0.3 is 15.4 Å². The molecule has 1 rings (SSSR count). The monoisotopic (exact) mass is 282 g/mol. The minimum Gasteiger partial charge on any atom is -0.444 e.